The van der Waals surface area contributed by atoms with E-state index in [1.54, 1.807) is 0 Å². The quantitative estimate of drug-likeness (QED) is 0.503. The monoisotopic (exact) mass is 420 g/mol. The van der Waals surface area contributed by atoms with Gasteiger partial charge in [0.25, 0.3) is 5.91 Å². The molecule has 30 heavy (non-hydrogen) atoms. The van der Waals surface area contributed by atoms with E-state index >= 15 is 0 Å². The summed E-state index contributed by atoms with van der Waals surface area (Å²) in [5, 5.41) is 0. The highest BCUT2D eigenvalue weighted by atomic mass is 35.5. The van der Waals surface area contributed by atoms with Gasteiger partial charge in [-0.05, 0) is 66.9 Å². The fraction of sp³-hybridized carbons (Fsp3) is 0.269. The van der Waals surface area contributed by atoms with Crippen molar-refractivity contribution in [3.8, 4) is 0 Å². The zero-order valence-electron chi connectivity index (χ0n) is 17.7. The first-order valence-electron chi connectivity index (χ1n) is 10.5. The molecule has 0 spiro atoms. The summed E-state index contributed by atoms with van der Waals surface area (Å²) in [4.78, 5) is 18.0. The lowest BCUT2D eigenvalue weighted by Crippen LogP contribution is -2.27. The summed E-state index contributed by atoms with van der Waals surface area (Å²) in [6.07, 6.45) is 1.89. The fourth-order valence-electron chi connectivity index (χ4n) is 4.14. The second kappa shape index (κ2) is 9.92. The summed E-state index contributed by atoms with van der Waals surface area (Å²) in [7, 11) is 0. The molecule has 156 valence electrons. The van der Waals surface area contributed by atoms with Crippen LogP contribution in [0.3, 0.4) is 0 Å². The Labute approximate surface area is 185 Å². The Morgan fingerprint density at radius 1 is 0.833 bits per heavy atom. The van der Waals surface area contributed by atoms with E-state index < -0.39 is 0 Å². The second-order valence-electron chi connectivity index (χ2n) is 7.56. The first-order valence-corrected chi connectivity index (χ1v) is 10.5. The van der Waals surface area contributed by atoms with Gasteiger partial charge in [-0.25, -0.2) is 0 Å². The van der Waals surface area contributed by atoms with Crippen LogP contribution in [0, 0.1) is 0 Å². The lowest BCUT2D eigenvalue weighted by atomic mass is 10.0. The molecule has 0 fully saturated rings. The van der Waals surface area contributed by atoms with E-state index in [1.165, 1.54) is 16.7 Å². The minimum atomic E-state index is 0. The lowest BCUT2D eigenvalue weighted by molar-refractivity contribution is 0.0999. The van der Waals surface area contributed by atoms with Crippen molar-refractivity contribution in [3.05, 3.63) is 95.1 Å². The number of carbonyl (C=O) groups excluding carboxylic acids is 1. The van der Waals surface area contributed by atoms with Gasteiger partial charge in [0.2, 0.25) is 0 Å². The highest BCUT2D eigenvalue weighted by Crippen LogP contribution is 2.37. The number of rotatable bonds is 5. The van der Waals surface area contributed by atoms with E-state index in [0.717, 1.165) is 49.4 Å². The summed E-state index contributed by atoms with van der Waals surface area (Å²) in [5.74, 6) is 0.0354. The van der Waals surface area contributed by atoms with Gasteiger partial charge in [-0.3, -0.25) is 14.6 Å². The number of hydrogen-bond donors (Lipinski definition) is 0. The molecule has 4 heteroatoms. The molecular formula is C26H29ClN2O. The van der Waals surface area contributed by atoms with E-state index in [9.17, 15) is 4.79 Å². The number of amides is 1. The topological polar surface area (TPSA) is 23.6 Å². The fourth-order valence-corrected chi connectivity index (χ4v) is 4.14. The van der Waals surface area contributed by atoms with Crippen molar-refractivity contribution in [2.24, 2.45) is 0 Å². The van der Waals surface area contributed by atoms with Gasteiger partial charge in [0.1, 0.15) is 0 Å². The van der Waals surface area contributed by atoms with Crippen LogP contribution >= 0.6 is 12.4 Å². The van der Waals surface area contributed by atoms with Crippen LogP contribution in [0.2, 0.25) is 0 Å². The Morgan fingerprint density at radius 3 is 1.97 bits per heavy atom. The van der Waals surface area contributed by atoms with Gasteiger partial charge in [0.15, 0.2) is 0 Å². The van der Waals surface area contributed by atoms with Gasteiger partial charge in [0, 0.05) is 12.1 Å². The summed E-state index contributed by atoms with van der Waals surface area (Å²) >= 11 is 0. The number of para-hydroxylation sites is 2. The normalized spacial score (nSPS) is 12.6. The molecule has 1 amide bonds. The SMILES string of the molecule is CCN(CC)Cc1cccc(C(=O)N2c3ccccc3CCc3ccccc32)c1.Cl. The number of halogens is 1. The van der Waals surface area contributed by atoms with Gasteiger partial charge in [0.05, 0.1) is 11.4 Å². The molecule has 3 nitrogen and oxygen atoms in total. The van der Waals surface area contributed by atoms with E-state index in [2.05, 4.69) is 67.3 Å². The van der Waals surface area contributed by atoms with Crippen molar-refractivity contribution in [3.63, 3.8) is 0 Å². The van der Waals surface area contributed by atoms with Crippen LogP contribution in [0.5, 0.6) is 0 Å². The molecule has 0 saturated carbocycles. The van der Waals surface area contributed by atoms with E-state index in [0.29, 0.717) is 0 Å². The number of hydrogen-bond acceptors (Lipinski definition) is 2. The van der Waals surface area contributed by atoms with Gasteiger partial charge in [-0.2, -0.15) is 0 Å². The number of aryl methyl sites for hydroxylation is 2. The highest BCUT2D eigenvalue weighted by molar-refractivity contribution is 6.12. The van der Waals surface area contributed by atoms with Crippen molar-refractivity contribution in [1.82, 2.24) is 4.90 Å². The smallest absolute Gasteiger partial charge is 0.262 e. The third kappa shape index (κ3) is 4.43. The molecule has 0 atom stereocenters. The van der Waals surface area contributed by atoms with Gasteiger partial charge < -0.3 is 0 Å². The van der Waals surface area contributed by atoms with Crippen molar-refractivity contribution < 1.29 is 4.79 Å². The van der Waals surface area contributed by atoms with E-state index in [-0.39, 0.29) is 18.3 Å². The third-order valence-corrected chi connectivity index (χ3v) is 5.81. The van der Waals surface area contributed by atoms with Crippen molar-refractivity contribution >= 4 is 29.7 Å². The molecule has 1 aliphatic rings. The van der Waals surface area contributed by atoms with Crippen molar-refractivity contribution in [2.75, 3.05) is 18.0 Å². The van der Waals surface area contributed by atoms with Crippen LogP contribution in [0.15, 0.2) is 72.8 Å². The zero-order valence-corrected chi connectivity index (χ0v) is 18.5. The first kappa shape index (κ1) is 22.1. The zero-order chi connectivity index (χ0) is 20.2. The maximum atomic E-state index is 13.8. The number of nitrogens with zero attached hydrogens (tertiary/aromatic N) is 2. The van der Waals surface area contributed by atoms with Gasteiger partial charge >= 0.3 is 0 Å². The second-order valence-corrected chi connectivity index (χ2v) is 7.56. The van der Waals surface area contributed by atoms with Crippen molar-refractivity contribution in [2.45, 2.75) is 33.2 Å². The molecule has 0 aromatic heterocycles. The van der Waals surface area contributed by atoms with E-state index in [4.69, 9.17) is 0 Å². The van der Waals surface area contributed by atoms with Crippen molar-refractivity contribution in [1.29, 1.82) is 0 Å². The number of benzene rings is 3. The Kier molecular flexibility index (Phi) is 7.30. The molecule has 1 aliphatic heterocycles. The summed E-state index contributed by atoms with van der Waals surface area (Å²) < 4.78 is 0. The van der Waals surface area contributed by atoms with Gasteiger partial charge in [-0.15, -0.1) is 12.4 Å². The summed E-state index contributed by atoms with van der Waals surface area (Å²) in [6, 6.07) is 24.7. The standard InChI is InChI=1S/C26H28N2O.ClH/c1-3-27(4-2)19-20-10-9-13-23(18-20)26(29)28-24-14-7-5-11-21(24)16-17-22-12-6-8-15-25(22)28;/h5-15,18H,3-4,16-17,19H2,1-2H3;1H. The van der Waals surface area contributed by atoms with Crippen LogP contribution in [0.1, 0.15) is 40.9 Å². The third-order valence-electron chi connectivity index (χ3n) is 5.81. The predicted molar refractivity (Wildman–Crippen MR) is 127 cm³/mol. The molecule has 1 heterocycles. The van der Waals surface area contributed by atoms with Crippen LogP contribution < -0.4 is 4.90 Å². The molecule has 0 aliphatic carbocycles. The first-order chi connectivity index (χ1) is 14.2. The van der Waals surface area contributed by atoms with E-state index in [1.807, 2.05) is 29.2 Å². The van der Waals surface area contributed by atoms with Gasteiger partial charge in [-0.1, -0.05) is 62.4 Å². The van der Waals surface area contributed by atoms with Crippen LogP contribution in [-0.4, -0.2) is 23.9 Å². The largest absolute Gasteiger partial charge is 0.300 e. The predicted octanol–water partition coefficient (Wildman–Crippen LogP) is 6.03. The number of carbonyl (C=O) groups is 1. The maximum Gasteiger partial charge on any atom is 0.262 e. The molecule has 3 aromatic carbocycles. The molecule has 0 radical (unpaired) electrons. The lowest BCUT2D eigenvalue weighted by Gasteiger charge is -2.25. The Morgan fingerprint density at radius 2 is 1.40 bits per heavy atom. The maximum absolute atomic E-state index is 13.8. The molecule has 0 unspecified atom stereocenters. The van der Waals surface area contributed by atoms with Crippen LogP contribution in [0.25, 0.3) is 0 Å². The number of fused-ring (bicyclic) bond motifs is 2. The molecule has 0 saturated heterocycles. The Hall–Kier alpha value is -2.62. The average molecular weight is 421 g/mol. The molecule has 0 N–H and O–H groups in total. The minimum Gasteiger partial charge on any atom is -0.300 e. The molecular weight excluding hydrogens is 392 g/mol. The number of anilines is 2. The Bertz CT molecular complexity index is 966. The average Bonchev–Trinajstić information content (AvgIpc) is 2.94. The highest BCUT2D eigenvalue weighted by Gasteiger charge is 2.26. The Balaban J connectivity index is 0.00000256. The van der Waals surface area contributed by atoms with Crippen LogP contribution in [-0.2, 0) is 19.4 Å². The molecule has 3 aromatic rings. The van der Waals surface area contributed by atoms with Crippen LogP contribution in [0.4, 0.5) is 11.4 Å². The molecule has 4 rings (SSSR count). The molecule has 0 bridgehead atoms. The minimum absolute atomic E-state index is 0. The summed E-state index contributed by atoms with van der Waals surface area (Å²) in [5.41, 5.74) is 6.35. The summed E-state index contributed by atoms with van der Waals surface area (Å²) in [6.45, 7) is 7.21.